The maximum absolute atomic E-state index is 13.5. The van der Waals surface area contributed by atoms with E-state index in [1.54, 1.807) is 0 Å². The first-order valence-corrected chi connectivity index (χ1v) is 11.7. The molecule has 0 aliphatic rings. The largest absolute Gasteiger partial charge is 0.322 e. The van der Waals surface area contributed by atoms with Gasteiger partial charge in [0, 0.05) is 23.2 Å². The van der Waals surface area contributed by atoms with Gasteiger partial charge in [-0.05, 0) is 56.9 Å². The first-order valence-electron chi connectivity index (χ1n) is 10.9. The van der Waals surface area contributed by atoms with E-state index >= 15 is 0 Å². The fourth-order valence-electron chi connectivity index (χ4n) is 4.24. The van der Waals surface area contributed by atoms with E-state index in [1.165, 1.54) is 21.5 Å². The number of hydrogen-bond acceptors (Lipinski definition) is 1. The second kappa shape index (κ2) is 9.47. The van der Waals surface area contributed by atoms with Crippen molar-refractivity contribution in [3.8, 4) is 0 Å². The summed E-state index contributed by atoms with van der Waals surface area (Å²) >= 11 is 3.49. The average Bonchev–Trinajstić information content (AvgIpc) is 2.84. The number of carbonyl (C=O) groups is 1. The minimum absolute atomic E-state index is 0.131. The lowest BCUT2D eigenvalue weighted by Gasteiger charge is -2.25. The van der Waals surface area contributed by atoms with Gasteiger partial charge in [0.25, 0.3) is 0 Å². The van der Waals surface area contributed by atoms with Crippen LogP contribution in [-0.4, -0.2) is 10.9 Å². The third-order valence-corrected chi connectivity index (χ3v) is 6.30. The van der Waals surface area contributed by atoms with Crippen molar-refractivity contribution in [2.75, 3.05) is 5.32 Å². The maximum atomic E-state index is 13.5. The van der Waals surface area contributed by atoms with Crippen LogP contribution in [0.3, 0.4) is 0 Å². The Balaban J connectivity index is 1.56. The molecule has 0 saturated heterocycles. The summed E-state index contributed by atoms with van der Waals surface area (Å²) in [6.07, 6.45) is 0. The fraction of sp³-hybridized carbons (Fsp3) is 0.0690. The molecule has 5 aromatic carbocycles. The number of urea groups is 1. The standard InChI is InChI=1S/C29H23BrN2O/c30-24-13-8-14-25(18-24)31-29(33)32(19-21-9-2-1-3-10-21)20-28-26-15-6-4-11-22(26)17-23-12-5-7-16-27(23)28/h1-18H,19-20H2,(H,31,33). The maximum Gasteiger partial charge on any atom is 0.322 e. The number of fused-ring (bicyclic) bond motifs is 2. The van der Waals surface area contributed by atoms with E-state index in [9.17, 15) is 4.79 Å². The van der Waals surface area contributed by atoms with Gasteiger partial charge in [-0.2, -0.15) is 0 Å². The highest BCUT2D eigenvalue weighted by molar-refractivity contribution is 9.10. The predicted molar refractivity (Wildman–Crippen MR) is 140 cm³/mol. The van der Waals surface area contributed by atoms with Gasteiger partial charge in [0.15, 0.2) is 0 Å². The lowest BCUT2D eigenvalue weighted by atomic mass is 9.96. The smallest absolute Gasteiger partial charge is 0.316 e. The Kier molecular flexibility index (Phi) is 6.09. The van der Waals surface area contributed by atoms with Crippen molar-refractivity contribution in [2.24, 2.45) is 0 Å². The van der Waals surface area contributed by atoms with Crippen molar-refractivity contribution in [3.63, 3.8) is 0 Å². The lowest BCUT2D eigenvalue weighted by Crippen LogP contribution is -2.34. The molecule has 0 aromatic heterocycles. The van der Waals surface area contributed by atoms with E-state index in [2.05, 4.69) is 88.0 Å². The number of rotatable bonds is 5. The second-order valence-electron chi connectivity index (χ2n) is 8.08. The zero-order chi connectivity index (χ0) is 22.6. The number of hydrogen-bond donors (Lipinski definition) is 1. The minimum Gasteiger partial charge on any atom is -0.316 e. The van der Waals surface area contributed by atoms with E-state index in [-0.39, 0.29) is 6.03 Å². The Morgan fingerprint density at radius 1 is 0.697 bits per heavy atom. The highest BCUT2D eigenvalue weighted by Gasteiger charge is 2.18. The van der Waals surface area contributed by atoms with Gasteiger partial charge in [0.05, 0.1) is 0 Å². The summed E-state index contributed by atoms with van der Waals surface area (Å²) in [7, 11) is 0. The molecule has 1 N–H and O–H groups in total. The molecule has 2 amide bonds. The molecule has 4 heteroatoms. The first-order chi connectivity index (χ1) is 16.2. The average molecular weight is 495 g/mol. The molecule has 162 valence electrons. The van der Waals surface area contributed by atoms with Crippen LogP contribution in [0.1, 0.15) is 11.1 Å². The van der Waals surface area contributed by atoms with E-state index in [0.29, 0.717) is 13.1 Å². The van der Waals surface area contributed by atoms with Gasteiger partial charge in [-0.1, -0.05) is 101 Å². The normalized spacial score (nSPS) is 10.9. The van der Waals surface area contributed by atoms with Gasteiger partial charge in [-0.15, -0.1) is 0 Å². The zero-order valence-corrected chi connectivity index (χ0v) is 19.6. The molecule has 0 heterocycles. The second-order valence-corrected chi connectivity index (χ2v) is 9.00. The number of carbonyl (C=O) groups excluding carboxylic acids is 1. The molecule has 5 rings (SSSR count). The topological polar surface area (TPSA) is 32.3 Å². The monoisotopic (exact) mass is 494 g/mol. The van der Waals surface area contributed by atoms with Gasteiger partial charge in [-0.3, -0.25) is 0 Å². The summed E-state index contributed by atoms with van der Waals surface area (Å²) in [4.78, 5) is 15.4. The van der Waals surface area contributed by atoms with Crippen LogP contribution in [0.2, 0.25) is 0 Å². The molecule has 0 saturated carbocycles. The van der Waals surface area contributed by atoms with E-state index < -0.39 is 0 Å². The van der Waals surface area contributed by atoms with E-state index in [1.807, 2.05) is 47.4 Å². The lowest BCUT2D eigenvalue weighted by molar-refractivity contribution is 0.207. The highest BCUT2D eigenvalue weighted by Crippen LogP contribution is 2.30. The van der Waals surface area contributed by atoms with E-state index in [4.69, 9.17) is 0 Å². The number of anilines is 1. The Bertz CT molecular complexity index is 1380. The molecule has 0 radical (unpaired) electrons. The van der Waals surface area contributed by atoms with Crippen LogP contribution in [0, 0.1) is 0 Å². The summed E-state index contributed by atoms with van der Waals surface area (Å²) in [6.45, 7) is 1.01. The van der Waals surface area contributed by atoms with Gasteiger partial charge in [0.2, 0.25) is 0 Å². The molecule has 3 nitrogen and oxygen atoms in total. The third kappa shape index (κ3) is 4.76. The highest BCUT2D eigenvalue weighted by atomic mass is 79.9. The van der Waals surface area contributed by atoms with Gasteiger partial charge in [-0.25, -0.2) is 4.79 Å². The molecule has 0 spiro atoms. The number of amides is 2. The Labute approximate surface area is 201 Å². The minimum atomic E-state index is -0.131. The fourth-order valence-corrected chi connectivity index (χ4v) is 4.64. The van der Waals surface area contributed by atoms with Crippen LogP contribution in [0.25, 0.3) is 21.5 Å². The molecular formula is C29H23BrN2O. The Hall–Kier alpha value is -3.63. The van der Waals surface area contributed by atoms with Crippen molar-refractivity contribution in [3.05, 3.63) is 125 Å². The molecule has 0 fully saturated rings. The molecule has 0 bridgehead atoms. The predicted octanol–water partition coefficient (Wildman–Crippen LogP) is 7.99. The number of halogens is 1. The van der Waals surface area contributed by atoms with Crippen molar-refractivity contribution in [1.82, 2.24) is 4.90 Å². The van der Waals surface area contributed by atoms with Crippen LogP contribution in [0.5, 0.6) is 0 Å². The molecule has 0 unspecified atom stereocenters. The van der Waals surface area contributed by atoms with Crippen LogP contribution in [0.4, 0.5) is 10.5 Å². The van der Waals surface area contributed by atoms with Crippen LogP contribution in [-0.2, 0) is 13.1 Å². The summed E-state index contributed by atoms with van der Waals surface area (Å²) in [5, 5.41) is 7.78. The van der Waals surface area contributed by atoms with Crippen LogP contribution in [0.15, 0.2) is 114 Å². The number of nitrogens with one attached hydrogen (secondary N) is 1. The summed E-state index contributed by atoms with van der Waals surface area (Å²) < 4.78 is 0.926. The Morgan fingerprint density at radius 2 is 1.33 bits per heavy atom. The third-order valence-electron chi connectivity index (χ3n) is 5.81. The molecule has 0 aliphatic carbocycles. The molecule has 0 atom stereocenters. The first kappa shape index (κ1) is 21.2. The summed E-state index contributed by atoms with van der Waals surface area (Å²) in [5.74, 6) is 0. The quantitative estimate of drug-likeness (QED) is 0.246. The molecule has 0 aliphatic heterocycles. The van der Waals surface area contributed by atoms with Gasteiger partial charge < -0.3 is 10.2 Å². The number of benzene rings is 5. The van der Waals surface area contributed by atoms with Gasteiger partial charge >= 0.3 is 6.03 Å². The van der Waals surface area contributed by atoms with Crippen LogP contribution < -0.4 is 5.32 Å². The molecular weight excluding hydrogens is 472 g/mol. The summed E-state index contributed by atoms with van der Waals surface area (Å²) in [5.41, 5.74) is 3.01. The van der Waals surface area contributed by atoms with E-state index in [0.717, 1.165) is 21.3 Å². The van der Waals surface area contributed by atoms with Crippen molar-refractivity contribution in [1.29, 1.82) is 0 Å². The van der Waals surface area contributed by atoms with Crippen molar-refractivity contribution < 1.29 is 4.79 Å². The van der Waals surface area contributed by atoms with Crippen LogP contribution >= 0.6 is 15.9 Å². The van der Waals surface area contributed by atoms with Crippen molar-refractivity contribution in [2.45, 2.75) is 13.1 Å². The number of nitrogens with zero attached hydrogens (tertiary/aromatic N) is 1. The zero-order valence-electron chi connectivity index (χ0n) is 18.0. The van der Waals surface area contributed by atoms with Gasteiger partial charge in [0.1, 0.15) is 0 Å². The summed E-state index contributed by atoms with van der Waals surface area (Å²) in [6, 6.07) is 36.7. The SMILES string of the molecule is O=C(Nc1cccc(Br)c1)N(Cc1ccccc1)Cc1c2ccccc2cc2ccccc12. The molecule has 33 heavy (non-hydrogen) atoms. The molecule has 5 aromatic rings. The van der Waals surface area contributed by atoms with Crippen molar-refractivity contribution >= 4 is 49.2 Å². The Morgan fingerprint density at radius 3 is 2.00 bits per heavy atom.